The lowest BCUT2D eigenvalue weighted by Crippen LogP contribution is -2.09. The monoisotopic (exact) mass is 345 g/mol. The molecule has 16 heavy (non-hydrogen) atoms. The normalized spacial score (nSPS) is 10.6. The van der Waals surface area contributed by atoms with Crippen LogP contribution in [0, 0.1) is 3.57 Å². The maximum Gasteiger partial charge on any atom is 0.148 e. The van der Waals surface area contributed by atoms with E-state index in [1.54, 1.807) is 11.3 Å². The van der Waals surface area contributed by atoms with Crippen molar-refractivity contribution in [2.45, 2.75) is 6.42 Å². The van der Waals surface area contributed by atoms with E-state index in [4.69, 9.17) is 0 Å². The van der Waals surface area contributed by atoms with Gasteiger partial charge in [0.05, 0.1) is 0 Å². The van der Waals surface area contributed by atoms with Crippen LogP contribution in [0.3, 0.4) is 0 Å². The van der Waals surface area contributed by atoms with Crippen molar-refractivity contribution >= 4 is 33.9 Å². The van der Waals surface area contributed by atoms with Gasteiger partial charge in [-0.25, -0.2) is 0 Å². The topological polar surface area (TPSA) is 37.8 Å². The number of hydrogen-bond donors (Lipinski definition) is 1. The summed E-state index contributed by atoms with van der Waals surface area (Å²) in [5, 5.41) is 13.6. The molecule has 0 saturated heterocycles. The highest BCUT2D eigenvalue weighted by Gasteiger charge is 2.08. The van der Waals surface area contributed by atoms with Crippen LogP contribution in [-0.2, 0) is 6.42 Å². The van der Waals surface area contributed by atoms with Crippen LogP contribution in [-0.4, -0.2) is 23.8 Å². The van der Waals surface area contributed by atoms with E-state index < -0.39 is 0 Å². The Bertz CT molecular complexity index is 470. The van der Waals surface area contributed by atoms with Crippen molar-refractivity contribution in [1.29, 1.82) is 0 Å². The third-order valence-electron chi connectivity index (χ3n) is 2.16. The number of nitrogens with one attached hydrogen (secondary N) is 1. The van der Waals surface area contributed by atoms with Gasteiger partial charge in [-0.2, -0.15) is 0 Å². The molecule has 2 aromatic rings. The first kappa shape index (κ1) is 11.9. The highest BCUT2D eigenvalue weighted by atomic mass is 127. The van der Waals surface area contributed by atoms with Crippen molar-refractivity contribution in [3.05, 3.63) is 32.8 Å². The third-order valence-corrected chi connectivity index (χ3v) is 4.12. The van der Waals surface area contributed by atoms with E-state index in [1.165, 1.54) is 9.13 Å². The van der Waals surface area contributed by atoms with Gasteiger partial charge in [-0.05, 0) is 35.7 Å². The zero-order valence-electron chi connectivity index (χ0n) is 8.90. The minimum atomic E-state index is 0.942. The first-order valence-corrected chi connectivity index (χ1v) is 6.92. The van der Waals surface area contributed by atoms with Crippen molar-refractivity contribution < 1.29 is 0 Å². The van der Waals surface area contributed by atoms with Gasteiger partial charge in [0, 0.05) is 22.1 Å². The first-order chi connectivity index (χ1) is 7.81. The van der Waals surface area contributed by atoms with Gasteiger partial charge in [0.2, 0.25) is 0 Å². The summed E-state index contributed by atoms with van der Waals surface area (Å²) < 4.78 is 1.22. The Labute approximate surface area is 112 Å². The van der Waals surface area contributed by atoms with Gasteiger partial charge in [0.1, 0.15) is 10.0 Å². The predicted octanol–water partition coefficient (Wildman–Crippen LogP) is 2.57. The Balaban J connectivity index is 2.22. The van der Waals surface area contributed by atoms with Crippen LogP contribution in [0.4, 0.5) is 0 Å². The Morgan fingerprint density at radius 1 is 1.31 bits per heavy atom. The number of nitrogens with zero attached hydrogens (tertiary/aromatic N) is 2. The fourth-order valence-corrected chi connectivity index (χ4v) is 3.03. The van der Waals surface area contributed by atoms with Gasteiger partial charge in [-0.15, -0.1) is 10.2 Å². The van der Waals surface area contributed by atoms with Gasteiger partial charge < -0.3 is 5.32 Å². The van der Waals surface area contributed by atoms with Crippen molar-refractivity contribution in [3.63, 3.8) is 0 Å². The smallest absolute Gasteiger partial charge is 0.148 e. The maximum atomic E-state index is 4.24. The van der Waals surface area contributed by atoms with E-state index in [0.717, 1.165) is 23.0 Å². The Kier molecular flexibility index (Phi) is 4.25. The van der Waals surface area contributed by atoms with E-state index in [2.05, 4.69) is 50.2 Å². The quantitative estimate of drug-likeness (QED) is 0.866. The third kappa shape index (κ3) is 2.78. The maximum absolute atomic E-state index is 4.24. The first-order valence-electron chi connectivity index (χ1n) is 5.03. The Morgan fingerprint density at radius 2 is 2.12 bits per heavy atom. The van der Waals surface area contributed by atoms with E-state index in [0.29, 0.717) is 0 Å². The number of likely N-dealkylation sites (N-methyl/N-ethyl adjacent to an activating group) is 1. The van der Waals surface area contributed by atoms with E-state index >= 15 is 0 Å². The number of rotatable bonds is 4. The van der Waals surface area contributed by atoms with E-state index in [-0.39, 0.29) is 0 Å². The summed E-state index contributed by atoms with van der Waals surface area (Å²) in [4.78, 5) is 0. The lowest BCUT2D eigenvalue weighted by molar-refractivity contribution is 0.779. The second-order valence-corrected chi connectivity index (χ2v) is 5.56. The van der Waals surface area contributed by atoms with Crippen LogP contribution < -0.4 is 5.32 Å². The molecule has 5 heteroatoms. The molecule has 1 heterocycles. The molecular formula is C11H12IN3S. The molecule has 0 atom stereocenters. The standard InChI is InChI=1S/C11H12IN3S/c1-13-7-6-10-14-15-11(16-10)8-4-2-3-5-9(8)12/h2-5,13H,6-7H2,1H3. The van der Waals surface area contributed by atoms with Crippen LogP contribution in [0.2, 0.25) is 0 Å². The van der Waals surface area contributed by atoms with Gasteiger partial charge in [-0.3, -0.25) is 0 Å². The summed E-state index contributed by atoms with van der Waals surface area (Å²) in [6, 6.07) is 8.25. The summed E-state index contributed by atoms with van der Waals surface area (Å²) in [5.41, 5.74) is 1.18. The minimum Gasteiger partial charge on any atom is -0.319 e. The van der Waals surface area contributed by atoms with E-state index in [1.807, 2.05) is 19.2 Å². The summed E-state index contributed by atoms with van der Waals surface area (Å²) in [5.74, 6) is 0. The predicted molar refractivity (Wildman–Crippen MR) is 75.7 cm³/mol. The lowest BCUT2D eigenvalue weighted by atomic mass is 10.2. The molecular weight excluding hydrogens is 333 g/mol. The molecule has 0 bridgehead atoms. The lowest BCUT2D eigenvalue weighted by Gasteiger charge is -1.97. The zero-order valence-corrected chi connectivity index (χ0v) is 11.9. The van der Waals surface area contributed by atoms with E-state index in [9.17, 15) is 0 Å². The Hall–Kier alpha value is -0.530. The minimum absolute atomic E-state index is 0.942. The molecule has 0 saturated carbocycles. The largest absolute Gasteiger partial charge is 0.319 e. The summed E-state index contributed by atoms with van der Waals surface area (Å²) >= 11 is 4.00. The summed E-state index contributed by atoms with van der Waals surface area (Å²) in [7, 11) is 1.95. The van der Waals surface area contributed by atoms with Crippen molar-refractivity contribution in [2.75, 3.05) is 13.6 Å². The molecule has 1 aromatic heterocycles. The molecule has 0 radical (unpaired) electrons. The Morgan fingerprint density at radius 3 is 2.88 bits per heavy atom. The second-order valence-electron chi connectivity index (χ2n) is 3.33. The van der Waals surface area contributed by atoms with Crippen LogP contribution in [0.25, 0.3) is 10.6 Å². The number of halogens is 1. The SMILES string of the molecule is CNCCc1nnc(-c2ccccc2I)s1. The van der Waals surface area contributed by atoms with Crippen LogP contribution in [0.5, 0.6) is 0 Å². The molecule has 0 spiro atoms. The van der Waals surface area contributed by atoms with Gasteiger partial charge >= 0.3 is 0 Å². The molecule has 0 aliphatic carbocycles. The molecule has 84 valence electrons. The van der Waals surface area contributed by atoms with Crippen LogP contribution >= 0.6 is 33.9 Å². The molecule has 3 nitrogen and oxygen atoms in total. The van der Waals surface area contributed by atoms with Crippen molar-refractivity contribution in [3.8, 4) is 10.6 Å². The molecule has 0 aliphatic rings. The van der Waals surface area contributed by atoms with Crippen molar-refractivity contribution in [2.24, 2.45) is 0 Å². The van der Waals surface area contributed by atoms with Crippen molar-refractivity contribution in [1.82, 2.24) is 15.5 Å². The molecule has 0 unspecified atom stereocenters. The fourth-order valence-electron chi connectivity index (χ4n) is 1.33. The van der Waals surface area contributed by atoms with Gasteiger partial charge in [-0.1, -0.05) is 29.5 Å². The summed E-state index contributed by atoms with van der Waals surface area (Å²) in [6.45, 7) is 0.945. The number of benzene rings is 1. The molecule has 0 amide bonds. The highest BCUT2D eigenvalue weighted by Crippen LogP contribution is 2.27. The van der Waals surface area contributed by atoms with Crippen LogP contribution in [0.15, 0.2) is 24.3 Å². The zero-order chi connectivity index (χ0) is 11.4. The highest BCUT2D eigenvalue weighted by molar-refractivity contribution is 14.1. The molecule has 1 aromatic carbocycles. The number of aromatic nitrogens is 2. The molecule has 0 fully saturated rings. The second kappa shape index (κ2) is 5.70. The average molecular weight is 345 g/mol. The average Bonchev–Trinajstić information content (AvgIpc) is 2.75. The molecule has 0 aliphatic heterocycles. The van der Waals surface area contributed by atoms with Gasteiger partial charge in [0.25, 0.3) is 0 Å². The molecule has 1 N–H and O–H groups in total. The molecule has 2 rings (SSSR count). The van der Waals surface area contributed by atoms with Gasteiger partial charge in [0.15, 0.2) is 0 Å². The van der Waals surface area contributed by atoms with Crippen LogP contribution in [0.1, 0.15) is 5.01 Å². The fraction of sp³-hybridized carbons (Fsp3) is 0.273. The summed E-state index contributed by atoms with van der Waals surface area (Å²) in [6.07, 6.45) is 0.942. The number of hydrogen-bond acceptors (Lipinski definition) is 4.